The molecule has 21 heavy (non-hydrogen) atoms. The molecule has 2 rings (SSSR count). The molecule has 1 aromatic carbocycles. The topological polar surface area (TPSA) is 41.6 Å². The highest BCUT2D eigenvalue weighted by atomic mass is 35.5. The van der Waals surface area contributed by atoms with Gasteiger partial charge in [-0.15, -0.1) is 0 Å². The first-order chi connectivity index (χ1) is 10.1. The minimum atomic E-state index is -0.130. The second kappa shape index (κ2) is 7.25. The summed E-state index contributed by atoms with van der Waals surface area (Å²) in [5, 5.41) is 4.11. The summed E-state index contributed by atoms with van der Waals surface area (Å²) in [6.45, 7) is 7.21. The molecule has 1 fully saturated rings. The molecule has 3 atom stereocenters. The van der Waals surface area contributed by atoms with E-state index in [1.165, 1.54) is 0 Å². The van der Waals surface area contributed by atoms with Crippen LogP contribution in [0.4, 0.5) is 0 Å². The van der Waals surface area contributed by atoms with Crippen molar-refractivity contribution < 1.29 is 9.53 Å². The minimum absolute atomic E-state index is 0.0298. The van der Waals surface area contributed by atoms with Crippen molar-refractivity contribution in [1.82, 2.24) is 10.2 Å². The van der Waals surface area contributed by atoms with Crippen LogP contribution in [0.5, 0.6) is 0 Å². The third-order valence-electron chi connectivity index (χ3n) is 3.82. The van der Waals surface area contributed by atoms with Gasteiger partial charge in [-0.25, -0.2) is 0 Å². The van der Waals surface area contributed by atoms with Crippen LogP contribution in [0.2, 0.25) is 5.02 Å². The summed E-state index contributed by atoms with van der Waals surface area (Å²) in [5.41, 5.74) is 1.05. The van der Waals surface area contributed by atoms with Gasteiger partial charge < -0.3 is 9.64 Å². The maximum Gasteiger partial charge on any atom is 0.241 e. The lowest BCUT2D eigenvalue weighted by molar-refractivity contribution is -0.133. The van der Waals surface area contributed by atoms with Crippen LogP contribution in [-0.2, 0) is 9.53 Å². The van der Waals surface area contributed by atoms with Crippen molar-refractivity contribution in [3.05, 3.63) is 34.9 Å². The molecule has 1 aromatic rings. The molecule has 116 valence electrons. The van der Waals surface area contributed by atoms with Crippen molar-refractivity contribution in [3.8, 4) is 0 Å². The second-order valence-corrected chi connectivity index (χ2v) is 5.77. The Morgan fingerprint density at radius 3 is 2.57 bits per heavy atom. The van der Waals surface area contributed by atoms with Gasteiger partial charge in [0.25, 0.3) is 0 Å². The molecule has 3 unspecified atom stereocenters. The van der Waals surface area contributed by atoms with Gasteiger partial charge in [-0.2, -0.15) is 0 Å². The Morgan fingerprint density at radius 1 is 1.33 bits per heavy atom. The summed E-state index contributed by atoms with van der Waals surface area (Å²) in [6.07, 6.45) is 0.663. The van der Waals surface area contributed by atoms with Crippen LogP contribution in [0.15, 0.2) is 24.3 Å². The summed E-state index contributed by atoms with van der Waals surface area (Å²) in [6, 6.07) is 7.54. The SMILES string of the molecule is CCOCC(C)N1C(=O)C(CC)NC1c1ccc(Cl)cc1. The number of hydrogen-bond acceptors (Lipinski definition) is 3. The number of rotatable bonds is 6. The molecule has 1 heterocycles. The van der Waals surface area contributed by atoms with Gasteiger partial charge in [0.15, 0.2) is 0 Å². The summed E-state index contributed by atoms with van der Waals surface area (Å²) in [5.74, 6) is 0.143. The number of ether oxygens (including phenoxy) is 1. The third-order valence-corrected chi connectivity index (χ3v) is 4.07. The van der Waals surface area contributed by atoms with Crippen LogP contribution in [0.3, 0.4) is 0 Å². The van der Waals surface area contributed by atoms with Crippen molar-refractivity contribution in [1.29, 1.82) is 0 Å². The van der Waals surface area contributed by atoms with Gasteiger partial charge >= 0.3 is 0 Å². The number of amides is 1. The molecule has 4 nitrogen and oxygen atoms in total. The predicted octanol–water partition coefficient (Wildman–Crippen LogP) is 2.97. The molecule has 1 N–H and O–H groups in total. The lowest BCUT2D eigenvalue weighted by Crippen LogP contribution is -2.41. The van der Waals surface area contributed by atoms with E-state index in [9.17, 15) is 4.79 Å². The average Bonchev–Trinajstić information content (AvgIpc) is 2.82. The van der Waals surface area contributed by atoms with E-state index >= 15 is 0 Å². The maximum atomic E-state index is 12.6. The molecule has 0 radical (unpaired) electrons. The van der Waals surface area contributed by atoms with Gasteiger partial charge in [-0.05, 0) is 38.0 Å². The second-order valence-electron chi connectivity index (χ2n) is 5.34. The molecule has 0 aliphatic carbocycles. The van der Waals surface area contributed by atoms with Gasteiger partial charge in [0.1, 0.15) is 6.17 Å². The number of halogens is 1. The summed E-state index contributed by atoms with van der Waals surface area (Å²) < 4.78 is 5.49. The zero-order valence-corrected chi connectivity index (χ0v) is 13.6. The number of benzene rings is 1. The van der Waals surface area contributed by atoms with Crippen molar-refractivity contribution in [3.63, 3.8) is 0 Å². The number of carbonyl (C=O) groups is 1. The largest absolute Gasteiger partial charge is 0.380 e. The zero-order chi connectivity index (χ0) is 15.4. The molecular formula is C16H23ClN2O2. The first-order valence-electron chi connectivity index (χ1n) is 7.49. The molecule has 0 aromatic heterocycles. The Bertz CT molecular complexity index is 478. The van der Waals surface area contributed by atoms with Crippen molar-refractivity contribution >= 4 is 17.5 Å². The average molecular weight is 311 g/mol. The van der Waals surface area contributed by atoms with E-state index in [4.69, 9.17) is 16.3 Å². The van der Waals surface area contributed by atoms with Crippen molar-refractivity contribution in [2.45, 2.75) is 45.4 Å². The standard InChI is InChI=1S/C16H23ClN2O2/c1-4-14-16(20)19(11(3)10-21-5-2)15(18-14)12-6-8-13(17)9-7-12/h6-9,11,14-15,18H,4-5,10H2,1-3H3. The van der Waals surface area contributed by atoms with Gasteiger partial charge in [0.2, 0.25) is 5.91 Å². The Morgan fingerprint density at radius 2 is 2.00 bits per heavy atom. The molecule has 1 aliphatic heterocycles. The van der Waals surface area contributed by atoms with Gasteiger partial charge in [0, 0.05) is 11.6 Å². The molecule has 1 aliphatic rings. The van der Waals surface area contributed by atoms with Gasteiger partial charge in [-0.3, -0.25) is 10.1 Å². The van der Waals surface area contributed by atoms with Crippen LogP contribution in [0.25, 0.3) is 0 Å². The van der Waals surface area contributed by atoms with E-state index in [0.29, 0.717) is 18.2 Å². The van der Waals surface area contributed by atoms with E-state index in [2.05, 4.69) is 5.32 Å². The van der Waals surface area contributed by atoms with E-state index in [-0.39, 0.29) is 24.2 Å². The number of nitrogens with zero attached hydrogens (tertiary/aromatic N) is 1. The van der Waals surface area contributed by atoms with Crippen LogP contribution >= 0.6 is 11.6 Å². The molecule has 0 saturated carbocycles. The number of hydrogen-bond donors (Lipinski definition) is 1. The molecule has 0 bridgehead atoms. The quantitative estimate of drug-likeness (QED) is 0.878. The third kappa shape index (κ3) is 3.57. The molecule has 1 amide bonds. The van der Waals surface area contributed by atoms with E-state index in [0.717, 1.165) is 12.0 Å². The lowest BCUT2D eigenvalue weighted by Gasteiger charge is -2.30. The van der Waals surface area contributed by atoms with Crippen LogP contribution in [0.1, 0.15) is 38.9 Å². The Labute approximate surface area is 131 Å². The van der Waals surface area contributed by atoms with Gasteiger partial charge in [-0.1, -0.05) is 30.7 Å². The Kier molecular flexibility index (Phi) is 5.62. The highest BCUT2D eigenvalue weighted by molar-refractivity contribution is 6.30. The summed E-state index contributed by atoms with van der Waals surface area (Å²) in [4.78, 5) is 14.5. The Hall–Kier alpha value is -1.10. The maximum absolute atomic E-state index is 12.6. The van der Waals surface area contributed by atoms with Crippen LogP contribution in [0, 0.1) is 0 Å². The number of carbonyl (C=O) groups excluding carboxylic acids is 1. The van der Waals surface area contributed by atoms with E-state index < -0.39 is 0 Å². The minimum Gasteiger partial charge on any atom is -0.380 e. The lowest BCUT2D eigenvalue weighted by atomic mass is 10.1. The molecular weight excluding hydrogens is 288 g/mol. The smallest absolute Gasteiger partial charge is 0.241 e. The zero-order valence-electron chi connectivity index (χ0n) is 12.8. The number of nitrogens with one attached hydrogen (secondary N) is 1. The monoisotopic (exact) mass is 310 g/mol. The fourth-order valence-electron chi connectivity index (χ4n) is 2.68. The normalized spacial score (nSPS) is 23.6. The molecule has 0 spiro atoms. The highest BCUT2D eigenvalue weighted by Gasteiger charge is 2.40. The van der Waals surface area contributed by atoms with E-state index in [1.54, 1.807) is 0 Å². The van der Waals surface area contributed by atoms with Gasteiger partial charge in [0.05, 0.1) is 18.7 Å². The fraction of sp³-hybridized carbons (Fsp3) is 0.562. The summed E-state index contributed by atoms with van der Waals surface area (Å²) in [7, 11) is 0. The fourth-order valence-corrected chi connectivity index (χ4v) is 2.81. The predicted molar refractivity (Wildman–Crippen MR) is 84.2 cm³/mol. The summed E-state index contributed by atoms with van der Waals surface area (Å²) >= 11 is 5.95. The van der Waals surface area contributed by atoms with Crippen molar-refractivity contribution in [2.24, 2.45) is 0 Å². The molecule has 5 heteroatoms. The van der Waals surface area contributed by atoms with Crippen LogP contribution < -0.4 is 5.32 Å². The molecule has 1 saturated heterocycles. The van der Waals surface area contributed by atoms with Crippen LogP contribution in [-0.4, -0.2) is 36.1 Å². The first kappa shape index (κ1) is 16.3. The Balaban J connectivity index is 2.23. The first-order valence-corrected chi connectivity index (χ1v) is 7.87. The van der Waals surface area contributed by atoms with E-state index in [1.807, 2.05) is 49.9 Å². The van der Waals surface area contributed by atoms with Crippen molar-refractivity contribution in [2.75, 3.05) is 13.2 Å². The highest BCUT2D eigenvalue weighted by Crippen LogP contribution is 2.29.